The number of benzene rings is 3. The van der Waals surface area contributed by atoms with Crippen LogP contribution in [-0.2, 0) is 19.0 Å². The molecule has 1 aliphatic heterocycles. The molecule has 0 amide bonds. The normalized spacial score (nSPS) is 13.8. The molecule has 55 heavy (non-hydrogen) atoms. The van der Waals surface area contributed by atoms with E-state index < -0.39 is 17.9 Å². The zero-order valence-electron chi connectivity index (χ0n) is 32.2. The van der Waals surface area contributed by atoms with Crippen LogP contribution in [0.5, 0.6) is 23.0 Å². The van der Waals surface area contributed by atoms with E-state index in [1.165, 1.54) is 44.9 Å². The van der Waals surface area contributed by atoms with E-state index in [1.54, 1.807) is 72.8 Å². The summed E-state index contributed by atoms with van der Waals surface area (Å²) in [5, 5.41) is 0. The Morgan fingerprint density at radius 2 is 0.964 bits per heavy atom. The van der Waals surface area contributed by atoms with Crippen molar-refractivity contribution in [3.8, 4) is 23.0 Å². The van der Waals surface area contributed by atoms with Crippen LogP contribution in [0.1, 0.15) is 123 Å². The Labute approximate surface area is 326 Å². The molecule has 3 aromatic rings. The van der Waals surface area contributed by atoms with Gasteiger partial charge >= 0.3 is 17.9 Å². The Hall–Kier alpha value is -4.67. The molecule has 3 aromatic carbocycles. The lowest BCUT2D eigenvalue weighted by atomic mass is 10.1. The average Bonchev–Trinajstić information content (AvgIpc) is 3.22. The summed E-state index contributed by atoms with van der Waals surface area (Å²) in [5.41, 5.74) is 0.786. The number of hydrogen-bond donors (Lipinski definition) is 0. The lowest BCUT2D eigenvalue weighted by Crippen LogP contribution is -2.22. The minimum absolute atomic E-state index is 0.0313. The van der Waals surface area contributed by atoms with Crippen LogP contribution in [0.4, 0.5) is 0 Å². The molecule has 0 spiro atoms. The molecule has 1 saturated heterocycles. The van der Waals surface area contributed by atoms with Crippen molar-refractivity contribution >= 4 is 17.9 Å². The summed E-state index contributed by atoms with van der Waals surface area (Å²) in [6.07, 6.45) is 18.9. The molecule has 0 saturated carbocycles. The summed E-state index contributed by atoms with van der Waals surface area (Å²) in [5.74, 6) is 0.626. The molecule has 1 atom stereocenters. The van der Waals surface area contributed by atoms with Gasteiger partial charge in [-0.2, -0.15) is 0 Å². The third-order valence-electron chi connectivity index (χ3n) is 9.14. The van der Waals surface area contributed by atoms with Crippen LogP contribution in [0.2, 0.25) is 0 Å². The van der Waals surface area contributed by atoms with Crippen molar-refractivity contribution in [2.75, 3.05) is 33.0 Å². The molecule has 1 fully saturated rings. The third kappa shape index (κ3) is 18.0. The monoisotopic (exact) mass is 758 g/mol. The van der Waals surface area contributed by atoms with Gasteiger partial charge in [0, 0.05) is 19.3 Å². The summed E-state index contributed by atoms with van der Waals surface area (Å²) in [6, 6.07) is 20.0. The van der Waals surface area contributed by atoms with Gasteiger partial charge in [-0.25, -0.2) is 14.4 Å². The van der Waals surface area contributed by atoms with Gasteiger partial charge in [-0.15, -0.1) is 0 Å². The van der Waals surface area contributed by atoms with Crippen molar-refractivity contribution < 1.29 is 47.5 Å². The molecule has 10 heteroatoms. The fourth-order valence-corrected chi connectivity index (χ4v) is 5.95. The highest BCUT2D eigenvalue weighted by molar-refractivity contribution is 5.92. The van der Waals surface area contributed by atoms with E-state index in [1.807, 2.05) is 0 Å². The molecule has 1 aliphatic rings. The zero-order chi connectivity index (χ0) is 38.8. The molecular weight excluding hydrogens is 700 g/mol. The first kappa shape index (κ1) is 43.1. The largest absolute Gasteiger partial charge is 0.494 e. The van der Waals surface area contributed by atoms with Crippen LogP contribution in [-0.4, -0.2) is 57.2 Å². The van der Waals surface area contributed by atoms with Gasteiger partial charge in [-0.3, -0.25) is 0 Å². The first-order chi connectivity index (χ1) is 27.0. The minimum Gasteiger partial charge on any atom is -0.494 e. The summed E-state index contributed by atoms with van der Waals surface area (Å²) in [7, 11) is 0. The highest BCUT2D eigenvalue weighted by Gasteiger charge is 2.14. The zero-order valence-corrected chi connectivity index (χ0v) is 32.2. The number of unbranched alkanes of at least 4 members (excludes halogenated alkanes) is 11. The van der Waals surface area contributed by atoms with Crippen molar-refractivity contribution in [1.29, 1.82) is 0 Å². The van der Waals surface area contributed by atoms with E-state index in [0.29, 0.717) is 48.2 Å². The molecule has 1 unspecified atom stereocenters. The van der Waals surface area contributed by atoms with E-state index >= 15 is 0 Å². The van der Waals surface area contributed by atoms with Crippen molar-refractivity contribution in [1.82, 2.24) is 0 Å². The predicted octanol–water partition coefficient (Wildman–Crippen LogP) is 10.2. The highest BCUT2D eigenvalue weighted by Crippen LogP contribution is 2.22. The molecule has 10 nitrogen and oxygen atoms in total. The Morgan fingerprint density at radius 3 is 1.40 bits per heavy atom. The Morgan fingerprint density at radius 1 is 0.545 bits per heavy atom. The number of ether oxygens (including phenoxy) is 7. The van der Waals surface area contributed by atoms with Gasteiger partial charge in [0.25, 0.3) is 0 Å². The van der Waals surface area contributed by atoms with E-state index in [9.17, 15) is 14.4 Å². The molecule has 0 bridgehead atoms. The standard InChI is InChI=1S/C45H58O10/c1-2-42(46)51-33-15-11-10-14-32-50-39-25-21-37(22-26-39)45(48)55-41-29-27-40(28-30-41)54-44(47)36-19-23-38(24-20-36)49-31-13-8-6-4-3-5-7-9-16-34-52-43-18-12-17-35-53-43/h2,19-30,43H,1,3-18,31-35H2. The first-order valence-electron chi connectivity index (χ1n) is 20.0. The lowest BCUT2D eigenvalue weighted by Gasteiger charge is -2.22. The Bertz CT molecular complexity index is 1530. The van der Waals surface area contributed by atoms with Crippen molar-refractivity contribution in [2.45, 2.75) is 109 Å². The second-order valence-corrected chi connectivity index (χ2v) is 13.6. The summed E-state index contributed by atoms with van der Waals surface area (Å²) < 4.78 is 39.0. The molecule has 1 heterocycles. The van der Waals surface area contributed by atoms with Gasteiger partial charge in [0.1, 0.15) is 23.0 Å². The van der Waals surface area contributed by atoms with Crippen LogP contribution in [0.25, 0.3) is 0 Å². The fourth-order valence-electron chi connectivity index (χ4n) is 5.95. The van der Waals surface area contributed by atoms with E-state index in [0.717, 1.165) is 82.8 Å². The number of esters is 3. The number of carbonyl (C=O) groups excluding carboxylic acids is 3. The number of carbonyl (C=O) groups is 3. The maximum absolute atomic E-state index is 12.7. The maximum atomic E-state index is 12.7. The second kappa shape index (κ2) is 26.2. The van der Waals surface area contributed by atoms with Crippen molar-refractivity contribution in [2.24, 2.45) is 0 Å². The first-order valence-corrected chi connectivity index (χ1v) is 20.0. The maximum Gasteiger partial charge on any atom is 0.343 e. The van der Waals surface area contributed by atoms with E-state index in [2.05, 4.69) is 6.58 Å². The van der Waals surface area contributed by atoms with Crippen LogP contribution < -0.4 is 18.9 Å². The van der Waals surface area contributed by atoms with E-state index in [-0.39, 0.29) is 6.29 Å². The van der Waals surface area contributed by atoms with E-state index in [4.69, 9.17) is 33.2 Å². The van der Waals surface area contributed by atoms with Crippen molar-refractivity contribution in [3.63, 3.8) is 0 Å². The lowest BCUT2D eigenvalue weighted by molar-refractivity contribution is -0.162. The SMILES string of the molecule is C=CC(=O)OCCCCCCOc1ccc(C(=O)Oc2ccc(OC(=O)c3ccc(OCCCCCCCCCCCOC4CCCCO4)cc3)cc2)cc1. The van der Waals surface area contributed by atoms with Crippen LogP contribution in [0.15, 0.2) is 85.5 Å². The van der Waals surface area contributed by atoms with Gasteiger partial charge in [-0.05, 0) is 131 Å². The van der Waals surface area contributed by atoms with Crippen molar-refractivity contribution in [3.05, 3.63) is 96.6 Å². The smallest absolute Gasteiger partial charge is 0.343 e. The molecule has 0 aliphatic carbocycles. The molecule has 0 aromatic heterocycles. The third-order valence-corrected chi connectivity index (χ3v) is 9.14. The summed E-state index contributed by atoms with van der Waals surface area (Å²) in [6.45, 7) is 6.60. The van der Waals surface area contributed by atoms with Gasteiger partial charge in [0.2, 0.25) is 0 Å². The molecular formula is C45H58O10. The predicted molar refractivity (Wildman–Crippen MR) is 211 cm³/mol. The fraction of sp³-hybridized carbons (Fsp3) is 0.489. The number of hydrogen-bond acceptors (Lipinski definition) is 10. The number of rotatable bonds is 27. The molecule has 0 radical (unpaired) electrons. The molecule has 4 rings (SSSR count). The second-order valence-electron chi connectivity index (χ2n) is 13.6. The van der Waals surface area contributed by atoms with Gasteiger partial charge in [-0.1, -0.05) is 51.5 Å². The van der Waals surface area contributed by atoms with Crippen LogP contribution >= 0.6 is 0 Å². The topological polar surface area (TPSA) is 116 Å². The Kier molecular flexibility index (Phi) is 20.5. The quantitative estimate of drug-likeness (QED) is 0.0322. The summed E-state index contributed by atoms with van der Waals surface area (Å²) in [4.78, 5) is 36.4. The summed E-state index contributed by atoms with van der Waals surface area (Å²) >= 11 is 0. The van der Waals surface area contributed by atoms with Gasteiger partial charge < -0.3 is 33.2 Å². The van der Waals surface area contributed by atoms with Gasteiger partial charge in [0.05, 0.1) is 30.9 Å². The van der Waals surface area contributed by atoms with Gasteiger partial charge in [0.15, 0.2) is 6.29 Å². The average molecular weight is 759 g/mol. The Balaban J connectivity index is 1.01. The molecule has 0 N–H and O–H groups in total. The highest BCUT2D eigenvalue weighted by atomic mass is 16.7. The molecule has 298 valence electrons. The minimum atomic E-state index is -0.514. The van der Waals surface area contributed by atoms with Crippen LogP contribution in [0.3, 0.4) is 0 Å². The van der Waals surface area contributed by atoms with Crippen LogP contribution in [0, 0.1) is 0 Å².